The van der Waals surface area contributed by atoms with Gasteiger partial charge < -0.3 is 5.32 Å². The van der Waals surface area contributed by atoms with Crippen molar-refractivity contribution >= 4 is 17.3 Å². The maximum Gasteiger partial charge on any atom is 0.101 e. The third-order valence-corrected chi connectivity index (χ3v) is 2.79. The molecule has 0 fully saturated rings. The van der Waals surface area contributed by atoms with E-state index in [-0.39, 0.29) is 0 Å². The van der Waals surface area contributed by atoms with E-state index in [0.717, 1.165) is 11.3 Å². The molecular weight excluding hydrogens is 256 g/mol. The van der Waals surface area contributed by atoms with Crippen molar-refractivity contribution in [2.24, 2.45) is 0 Å². The highest BCUT2D eigenvalue weighted by Crippen LogP contribution is 2.19. The molecule has 0 aliphatic rings. The molecule has 0 saturated heterocycles. The number of nitriles is 1. The average Bonchev–Trinajstić information content (AvgIpc) is 2.45. The minimum Gasteiger partial charge on any atom is -0.374 e. The third-order valence-electron chi connectivity index (χ3n) is 2.48. The molecule has 0 saturated carbocycles. The van der Waals surface area contributed by atoms with Crippen LogP contribution in [-0.4, -0.2) is 6.54 Å². The highest BCUT2D eigenvalue weighted by Gasteiger charge is 1.99. The molecule has 0 bridgehead atoms. The van der Waals surface area contributed by atoms with Gasteiger partial charge in [-0.2, -0.15) is 5.26 Å². The molecule has 2 aromatic carbocycles. The van der Waals surface area contributed by atoms with Crippen LogP contribution in [0.2, 0.25) is 5.02 Å². The quantitative estimate of drug-likeness (QED) is 0.842. The molecule has 0 spiro atoms. The lowest BCUT2D eigenvalue weighted by atomic mass is 10.2. The SMILES string of the molecule is N#Cc1ccc(NCC#Cc2ccccc2)cc1Cl. The van der Waals surface area contributed by atoms with Crippen molar-refractivity contribution in [1.29, 1.82) is 5.26 Å². The maximum absolute atomic E-state index is 8.77. The number of rotatable bonds is 2. The number of hydrogen-bond donors (Lipinski definition) is 1. The molecule has 2 nitrogen and oxygen atoms in total. The van der Waals surface area contributed by atoms with Crippen molar-refractivity contribution in [1.82, 2.24) is 0 Å². The number of hydrogen-bond acceptors (Lipinski definition) is 2. The number of nitrogens with zero attached hydrogens (tertiary/aromatic N) is 1. The highest BCUT2D eigenvalue weighted by molar-refractivity contribution is 6.32. The Labute approximate surface area is 117 Å². The van der Waals surface area contributed by atoms with Gasteiger partial charge in [0, 0.05) is 11.3 Å². The highest BCUT2D eigenvalue weighted by atomic mass is 35.5. The van der Waals surface area contributed by atoms with Crippen molar-refractivity contribution in [2.75, 3.05) is 11.9 Å². The molecule has 1 N–H and O–H groups in total. The van der Waals surface area contributed by atoms with E-state index in [4.69, 9.17) is 16.9 Å². The maximum atomic E-state index is 8.77. The van der Waals surface area contributed by atoms with Gasteiger partial charge in [0.15, 0.2) is 0 Å². The lowest BCUT2D eigenvalue weighted by Crippen LogP contribution is -1.98. The summed E-state index contributed by atoms with van der Waals surface area (Å²) < 4.78 is 0. The van der Waals surface area contributed by atoms with E-state index in [2.05, 4.69) is 17.2 Å². The predicted octanol–water partition coefficient (Wildman–Crippen LogP) is 3.68. The summed E-state index contributed by atoms with van der Waals surface area (Å²) in [4.78, 5) is 0. The van der Waals surface area contributed by atoms with E-state index in [1.807, 2.05) is 42.5 Å². The molecule has 19 heavy (non-hydrogen) atoms. The molecule has 0 heterocycles. The van der Waals surface area contributed by atoms with Crippen molar-refractivity contribution in [3.8, 4) is 17.9 Å². The van der Waals surface area contributed by atoms with E-state index < -0.39 is 0 Å². The van der Waals surface area contributed by atoms with Gasteiger partial charge in [-0.15, -0.1) is 0 Å². The normalized spacial score (nSPS) is 9.05. The van der Waals surface area contributed by atoms with Crippen LogP contribution in [0.25, 0.3) is 0 Å². The van der Waals surface area contributed by atoms with Crippen LogP contribution < -0.4 is 5.32 Å². The molecule has 0 aliphatic carbocycles. The van der Waals surface area contributed by atoms with E-state index in [1.54, 1.807) is 12.1 Å². The van der Waals surface area contributed by atoms with Gasteiger partial charge in [-0.25, -0.2) is 0 Å². The van der Waals surface area contributed by atoms with Crippen LogP contribution in [-0.2, 0) is 0 Å². The Morgan fingerprint density at radius 1 is 1.11 bits per heavy atom. The van der Waals surface area contributed by atoms with Crippen LogP contribution >= 0.6 is 11.6 Å². The van der Waals surface area contributed by atoms with Gasteiger partial charge in [0.05, 0.1) is 17.1 Å². The smallest absolute Gasteiger partial charge is 0.101 e. The zero-order valence-electron chi connectivity index (χ0n) is 10.2. The summed E-state index contributed by atoms with van der Waals surface area (Å²) in [6, 6.07) is 17.1. The Balaban J connectivity index is 1.95. The molecular formula is C16H11ClN2. The van der Waals surface area contributed by atoms with E-state index in [9.17, 15) is 0 Å². The molecule has 0 radical (unpaired) electrons. The van der Waals surface area contributed by atoms with E-state index in [0.29, 0.717) is 17.1 Å². The largest absolute Gasteiger partial charge is 0.374 e. The summed E-state index contributed by atoms with van der Waals surface area (Å²) in [6.07, 6.45) is 0. The minimum absolute atomic E-state index is 0.448. The number of anilines is 1. The second kappa shape index (κ2) is 6.50. The van der Waals surface area contributed by atoms with Gasteiger partial charge in [-0.05, 0) is 30.3 Å². The van der Waals surface area contributed by atoms with Crippen molar-refractivity contribution in [2.45, 2.75) is 0 Å². The van der Waals surface area contributed by atoms with Gasteiger partial charge in [-0.3, -0.25) is 0 Å². The summed E-state index contributed by atoms with van der Waals surface area (Å²) >= 11 is 5.94. The molecule has 2 rings (SSSR count). The summed E-state index contributed by atoms with van der Waals surface area (Å²) in [6.45, 7) is 0.525. The summed E-state index contributed by atoms with van der Waals surface area (Å²) in [5.74, 6) is 6.08. The third kappa shape index (κ3) is 3.78. The molecule has 0 atom stereocenters. The fourth-order valence-corrected chi connectivity index (χ4v) is 1.75. The Kier molecular flexibility index (Phi) is 4.45. The van der Waals surface area contributed by atoms with Crippen LogP contribution in [0.1, 0.15) is 11.1 Å². The fraction of sp³-hybridized carbons (Fsp3) is 0.0625. The molecule has 0 amide bonds. The molecule has 0 aromatic heterocycles. The average molecular weight is 267 g/mol. The topological polar surface area (TPSA) is 35.8 Å². The van der Waals surface area contributed by atoms with Gasteiger partial charge in [-0.1, -0.05) is 41.6 Å². The first-order valence-corrected chi connectivity index (χ1v) is 6.15. The first-order chi connectivity index (χ1) is 9.29. The Morgan fingerprint density at radius 2 is 1.89 bits per heavy atom. The lowest BCUT2D eigenvalue weighted by Gasteiger charge is -2.03. The molecule has 0 unspecified atom stereocenters. The van der Waals surface area contributed by atoms with Gasteiger partial charge in [0.1, 0.15) is 6.07 Å². The number of nitrogens with one attached hydrogen (secondary N) is 1. The Hall–Kier alpha value is -2.42. The summed E-state index contributed by atoms with van der Waals surface area (Å²) in [5.41, 5.74) is 2.32. The van der Waals surface area contributed by atoms with E-state index in [1.165, 1.54) is 0 Å². The summed E-state index contributed by atoms with van der Waals surface area (Å²) in [7, 11) is 0. The van der Waals surface area contributed by atoms with Crippen molar-refractivity contribution < 1.29 is 0 Å². The zero-order valence-corrected chi connectivity index (χ0v) is 10.9. The second-order valence-electron chi connectivity index (χ2n) is 3.83. The van der Waals surface area contributed by atoms with Crippen LogP contribution in [0.4, 0.5) is 5.69 Å². The Morgan fingerprint density at radius 3 is 2.58 bits per heavy atom. The number of halogens is 1. The van der Waals surface area contributed by atoms with Crippen LogP contribution in [0, 0.1) is 23.2 Å². The predicted molar refractivity (Wildman–Crippen MR) is 78.0 cm³/mol. The van der Waals surface area contributed by atoms with Gasteiger partial charge in [0.25, 0.3) is 0 Å². The minimum atomic E-state index is 0.448. The van der Waals surface area contributed by atoms with Crippen LogP contribution in [0.5, 0.6) is 0 Å². The Bertz CT molecular complexity index is 661. The van der Waals surface area contributed by atoms with E-state index >= 15 is 0 Å². The van der Waals surface area contributed by atoms with Gasteiger partial charge >= 0.3 is 0 Å². The fourth-order valence-electron chi connectivity index (χ4n) is 1.53. The molecule has 2 aromatic rings. The standard InChI is InChI=1S/C16H11ClN2/c17-16-11-15(9-8-14(16)12-18)19-10-4-7-13-5-2-1-3-6-13/h1-3,5-6,8-9,11,19H,10H2. The van der Waals surface area contributed by atoms with Crippen LogP contribution in [0.3, 0.4) is 0 Å². The monoisotopic (exact) mass is 266 g/mol. The lowest BCUT2D eigenvalue weighted by molar-refractivity contribution is 1.37. The summed E-state index contributed by atoms with van der Waals surface area (Å²) in [5, 5.41) is 12.4. The van der Waals surface area contributed by atoms with Crippen LogP contribution in [0.15, 0.2) is 48.5 Å². The first-order valence-electron chi connectivity index (χ1n) is 5.77. The van der Waals surface area contributed by atoms with Gasteiger partial charge in [0.2, 0.25) is 0 Å². The molecule has 0 aliphatic heterocycles. The van der Waals surface area contributed by atoms with Crippen molar-refractivity contribution in [3.63, 3.8) is 0 Å². The zero-order chi connectivity index (χ0) is 13.5. The molecule has 3 heteroatoms. The first kappa shape index (κ1) is 13.0. The second-order valence-corrected chi connectivity index (χ2v) is 4.23. The van der Waals surface area contributed by atoms with Crippen molar-refractivity contribution in [3.05, 3.63) is 64.7 Å². The molecule has 92 valence electrons. The number of benzene rings is 2.